The first kappa shape index (κ1) is 11.1. The molecule has 3 nitrogen and oxygen atoms in total. The van der Waals surface area contributed by atoms with Gasteiger partial charge in [-0.3, -0.25) is 9.78 Å². The number of carbonyl (C=O) groups is 1. The van der Waals surface area contributed by atoms with Crippen molar-refractivity contribution >= 4 is 33.1 Å². The SMILES string of the molecule is CN(C=O)Cc1ncc(Br)c2ccccc12. The van der Waals surface area contributed by atoms with Crippen LogP contribution in [0.4, 0.5) is 0 Å². The van der Waals surface area contributed by atoms with Crippen molar-refractivity contribution in [3.8, 4) is 0 Å². The predicted molar refractivity (Wildman–Crippen MR) is 67.0 cm³/mol. The smallest absolute Gasteiger partial charge is 0.209 e. The summed E-state index contributed by atoms with van der Waals surface area (Å²) in [6.45, 7) is 0.525. The van der Waals surface area contributed by atoms with Gasteiger partial charge >= 0.3 is 0 Å². The largest absolute Gasteiger partial charge is 0.342 e. The number of amides is 1. The molecule has 2 rings (SSSR count). The number of rotatable bonds is 3. The van der Waals surface area contributed by atoms with E-state index >= 15 is 0 Å². The van der Waals surface area contributed by atoms with Crippen molar-refractivity contribution in [2.75, 3.05) is 7.05 Å². The maximum atomic E-state index is 10.6. The summed E-state index contributed by atoms with van der Waals surface area (Å²) in [5.74, 6) is 0. The van der Waals surface area contributed by atoms with Crippen LogP contribution in [0.3, 0.4) is 0 Å². The van der Waals surface area contributed by atoms with Crippen LogP contribution in [0, 0.1) is 0 Å². The number of fused-ring (bicyclic) bond motifs is 1. The van der Waals surface area contributed by atoms with Gasteiger partial charge in [-0.15, -0.1) is 0 Å². The molecule has 0 aliphatic rings. The molecule has 0 aliphatic carbocycles. The molecule has 0 radical (unpaired) electrons. The van der Waals surface area contributed by atoms with Gasteiger partial charge in [0, 0.05) is 23.1 Å². The number of hydrogen-bond donors (Lipinski definition) is 0. The molecule has 1 heterocycles. The number of pyridine rings is 1. The average Bonchev–Trinajstić information content (AvgIpc) is 2.33. The number of halogens is 1. The highest BCUT2D eigenvalue weighted by Gasteiger charge is 2.06. The number of benzene rings is 1. The van der Waals surface area contributed by atoms with E-state index in [0.29, 0.717) is 6.54 Å². The second kappa shape index (κ2) is 4.61. The third-order valence-electron chi connectivity index (χ3n) is 2.41. The predicted octanol–water partition coefficient (Wildman–Crippen LogP) is 2.59. The van der Waals surface area contributed by atoms with E-state index in [4.69, 9.17) is 0 Å². The Morgan fingerprint density at radius 1 is 1.38 bits per heavy atom. The van der Waals surface area contributed by atoms with E-state index in [2.05, 4.69) is 20.9 Å². The molecule has 0 saturated heterocycles. The van der Waals surface area contributed by atoms with Crippen molar-refractivity contribution in [3.63, 3.8) is 0 Å². The Labute approximate surface area is 102 Å². The molecular formula is C12H11BrN2O. The molecule has 0 saturated carbocycles. The number of carbonyl (C=O) groups excluding carboxylic acids is 1. The zero-order chi connectivity index (χ0) is 11.5. The Morgan fingerprint density at radius 2 is 2.06 bits per heavy atom. The van der Waals surface area contributed by atoms with Crippen molar-refractivity contribution in [3.05, 3.63) is 40.6 Å². The molecule has 0 unspecified atom stereocenters. The summed E-state index contributed by atoms with van der Waals surface area (Å²) >= 11 is 3.47. The molecule has 4 heteroatoms. The van der Waals surface area contributed by atoms with Crippen LogP contribution in [-0.4, -0.2) is 23.3 Å². The van der Waals surface area contributed by atoms with E-state index in [9.17, 15) is 4.79 Å². The van der Waals surface area contributed by atoms with Crippen LogP contribution in [0.15, 0.2) is 34.9 Å². The van der Waals surface area contributed by atoms with Crippen LogP contribution < -0.4 is 0 Å². The molecule has 1 aromatic heterocycles. The number of hydrogen-bond acceptors (Lipinski definition) is 2. The maximum Gasteiger partial charge on any atom is 0.209 e. The highest BCUT2D eigenvalue weighted by atomic mass is 79.9. The Kier molecular flexibility index (Phi) is 3.19. The monoisotopic (exact) mass is 278 g/mol. The highest BCUT2D eigenvalue weighted by molar-refractivity contribution is 9.10. The number of aromatic nitrogens is 1. The molecule has 2 aromatic rings. The van der Waals surface area contributed by atoms with Crippen LogP contribution >= 0.6 is 15.9 Å². The minimum absolute atomic E-state index is 0.525. The van der Waals surface area contributed by atoms with Crippen molar-refractivity contribution in [2.45, 2.75) is 6.54 Å². The van der Waals surface area contributed by atoms with Gasteiger partial charge in [-0.2, -0.15) is 0 Å². The molecule has 1 amide bonds. The summed E-state index contributed by atoms with van der Waals surface area (Å²) in [7, 11) is 1.74. The van der Waals surface area contributed by atoms with E-state index in [0.717, 1.165) is 27.3 Å². The van der Waals surface area contributed by atoms with Gasteiger partial charge in [0.1, 0.15) is 0 Å². The minimum Gasteiger partial charge on any atom is -0.342 e. The lowest BCUT2D eigenvalue weighted by molar-refractivity contribution is -0.117. The van der Waals surface area contributed by atoms with E-state index < -0.39 is 0 Å². The molecule has 82 valence electrons. The zero-order valence-corrected chi connectivity index (χ0v) is 10.4. The van der Waals surface area contributed by atoms with Gasteiger partial charge in [-0.25, -0.2) is 0 Å². The van der Waals surface area contributed by atoms with Gasteiger partial charge in [0.25, 0.3) is 0 Å². The Hall–Kier alpha value is -1.42. The third kappa shape index (κ3) is 2.07. The summed E-state index contributed by atoms with van der Waals surface area (Å²) in [6, 6.07) is 8.01. The molecule has 0 bridgehead atoms. The lowest BCUT2D eigenvalue weighted by Gasteiger charge is -2.12. The summed E-state index contributed by atoms with van der Waals surface area (Å²) in [4.78, 5) is 16.5. The van der Waals surface area contributed by atoms with Crippen LogP contribution in [0.2, 0.25) is 0 Å². The summed E-state index contributed by atoms with van der Waals surface area (Å²) in [5, 5.41) is 2.19. The van der Waals surface area contributed by atoms with Crippen molar-refractivity contribution < 1.29 is 4.79 Å². The van der Waals surface area contributed by atoms with Crippen molar-refractivity contribution in [1.29, 1.82) is 0 Å². The second-order valence-corrected chi connectivity index (χ2v) is 4.47. The lowest BCUT2D eigenvalue weighted by Crippen LogP contribution is -2.16. The second-order valence-electron chi connectivity index (χ2n) is 3.62. The van der Waals surface area contributed by atoms with Gasteiger partial charge in [-0.1, -0.05) is 24.3 Å². The van der Waals surface area contributed by atoms with Crippen molar-refractivity contribution in [2.24, 2.45) is 0 Å². The molecule has 0 atom stereocenters. The van der Waals surface area contributed by atoms with Crippen LogP contribution in [0.5, 0.6) is 0 Å². The third-order valence-corrected chi connectivity index (χ3v) is 3.04. The minimum atomic E-state index is 0.525. The van der Waals surface area contributed by atoms with E-state index in [1.54, 1.807) is 18.1 Å². The molecule has 0 fully saturated rings. The first-order valence-electron chi connectivity index (χ1n) is 4.90. The first-order valence-corrected chi connectivity index (χ1v) is 5.69. The molecule has 1 aromatic carbocycles. The van der Waals surface area contributed by atoms with E-state index in [-0.39, 0.29) is 0 Å². The molecule has 16 heavy (non-hydrogen) atoms. The van der Waals surface area contributed by atoms with Crippen LogP contribution in [-0.2, 0) is 11.3 Å². The maximum absolute atomic E-state index is 10.6. The first-order chi connectivity index (χ1) is 7.72. The molecule has 0 spiro atoms. The lowest BCUT2D eigenvalue weighted by atomic mass is 10.1. The average molecular weight is 279 g/mol. The topological polar surface area (TPSA) is 33.2 Å². The van der Waals surface area contributed by atoms with Crippen LogP contribution in [0.1, 0.15) is 5.69 Å². The normalized spacial score (nSPS) is 10.4. The summed E-state index contributed by atoms with van der Waals surface area (Å²) in [5.41, 5.74) is 0.911. The van der Waals surface area contributed by atoms with Gasteiger partial charge in [0.15, 0.2) is 0 Å². The highest BCUT2D eigenvalue weighted by Crippen LogP contribution is 2.25. The molecule has 0 N–H and O–H groups in total. The molecular weight excluding hydrogens is 268 g/mol. The standard InChI is InChI=1S/C12H11BrN2O/c1-15(8-16)7-12-10-5-3-2-4-9(10)11(13)6-14-12/h2-6,8H,7H2,1H3. The Balaban J connectivity index is 2.54. The Bertz CT molecular complexity index is 527. The zero-order valence-electron chi connectivity index (χ0n) is 8.85. The van der Waals surface area contributed by atoms with Gasteiger partial charge in [0.2, 0.25) is 6.41 Å². The summed E-state index contributed by atoms with van der Waals surface area (Å²) in [6.07, 6.45) is 2.58. The van der Waals surface area contributed by atoms with E-state index in [1.165, 1.54) is 0 Å². The van der Waals surface area contributed by atoms with Gasteiger partial charge in [0.05, 0.1) is 12.2 Å². The van der Waals surface area contributed by atoms with Gasteiger partial charge < -0.3 is 4.90 Å². The fourth-order valence-electron chi connectivity index (χ4n) is 1.62. The van der Waals surface area contributed by atoms with E-state index in [1.807, 2.05) is 24.3 Å². The summed E-state index contributed by atoms with van der Waals surface area (Å²) < 4.78 is 0.973. The fraction of sp³-hybridized carbons (Fsp3) is 0.167. The quantitative estimate of drug-likeness (QED) is 0.809. The molecule has 0 aliphatic heterocycles. The Morgan fingerprint density at radius 3 is 2.75 bits per heavy atom. The fourth-order valence-corrected chi connectivity index (χ4v) is 2.06. The number of nitrogens with zero attached hydrogens (tertiary/aromatic N) is 2. The van der Waals surface area contributed by atoms with Crippen LogP contribution in [0.25, 0.3) is 10.8 Å². The van der Waals surface area contributed by atoms with Crippen molar-refractivity contribution in [1.82, 2.24) is 9.88 Å². The van der Waals surface area contributed by atoms with Gasteiger partial charge in [-0.05, 0) is 21.3 Å².